The summed E-state index contributed by atoms with van der Waals surface area (Å²) in [6.45, 7) is 0. The predicted octanol–water partition coefficient (Wildman–Crippen LogP) is 4.54. The highest BCUT2D eigenvalue weighted by atomic mass is 35.5. The fourth-order valence-electron chi connectivity index (χ4n) is 2.05. The van der Waals surface area contributed by atoms with Crippen LogP contribution in [0.25, 0.3) is 22.4 Å². The molecule has 5 heteroatoms. The molecular weight excluding hydrogens is 294 g/mol. The van der Waals surface area contributed by atoms with Crippen LogP contribution >= 0.6 is 11.6 Å². The summed E-state index contributed by atoms with van der Waals surface area (Å²) in [7, 11) is 0. The topological polar surface area (TPSA) is 25.8 Å². The molecule has 0 N–H and O–H groups in total. The Morgan fingerprint density at radius 3 is 2.29 bits per heavy atom. The van der Waals surface area contributed by atoms with E-state index in [1.54, 1.807) is 24.3 Å². The quantitative estimate of drug-likeness (QED) is 0.694. The lowest BCUT2D eigenvalue weighted by atomic mass is 10.0. The summed E-state index contributed by atoms with van der Waals surface area (Å²) in [5.41, 5.74) is 1.18. The minimum atomic E-state index is -0.683. The van der Waals surface area contributed by atoms with Crippen LogP contribution in [0.4, 0.5) is 8.78 Å². The van der Waals surface area contributed by atoms with Gasteiger partial charge in [0.2, 0.25) is 0 Å². The number of nitrogens with zero attached hydrogens (tertiary/aromatic N) is 2. The van der Waals surface area contributed by atoms with Gasteiger partial charge in [-0.1, -0.05) is 29.8 Å². The maximum absolute atomic E-state index is 14.0. The summed E-state index contributed by atoms with van der Waals surface area (Å²) in [4.78, 5) is 7.74. The molecule has 1 radical (unpaired) electrons. The van der Waals surface area contributed by atoms with Gasteiger partial charge in [-0.05, 0) is 29.8 Å². The molecule has 0 bridgehead atoms. The van der Waals surface area contributed by atoms with Crippen LogP contribution in [-0.2, 0) is 0 Å². The second kappa shape index (κ2) is 5.58. The molecule has 2 aromatic carbocycles. The van der Waals surface area contributed by atoms with Crippen molar-refractivity contribution in [3.8, 4) is 22.4 Å². The van der Waals surface area contributed by atoms with Crippen LogP contribution in [0.5, 0.6) is 0 Å². The highest BCUT2D eigenvalue weighted by molar-refractivity contribution is 6.30. The first-order chi connectivity index (χ1) is 10.2. The molecule has 21 heavy (non-hydrogen) atoms. The zero-order chi connectivity index (χ0) is 14.8. The average molecular weight is 302 g/mol. The van der Waals surface area contributed by atoms with Crippen molar-refractivity contribution in [2.75, 3.05) is 0 Å². The third-order valence-corrected chi connectivity index (χ3v) is 3.28. The Labute approximate surface area is 125 Å². The summed E-state index contributed by atoms with van der Waals surface area (Å²) in [5, 5.41) is 0.570. The van der Waals surface area contributed by atoms with Gasteiger partial charge in [0.25, 0.3) is 0 Å². The van der Waals surface area contributed by atoms with Gasteiger partial charge in [0.05, 0.1) is 11.3 Å². The SMILES string of the molecule is Fc1cccc(F)c1-c1n[c]ncc1-c1ccc(Cl)cc1. The van der Waals surface area contributed by atoms with Gasteiger partial charge in [0.1, 0.15) is 11.6 Å². The zero-order valence-corrected chi connectivity index (χ0v) is 11.4. The van der Waals surface area contributed by atoms with E-state index in [2.05, 4.69) is 16.3 Å². The van der Waals surface area contributed by atoms with Gasteiger partial charge in [-0.25, -0.2) is 18.7 Å². The van der Waals surface area contributed by atoms with Crippen molar-refractivity contribution in [2.24, 2.45) is 0 Å². The number of hydrogen-bond donors (Lipinski definition) is 0. The van der Waals surface area contributed by atoms with Crippen LogP contribution in [-0.4, -0.2) is 9.97 Å². The van der Waals surface area contributed by atoms with Crippen LogP contribution in [0.2, 0.25) is 5.02 Å². The van der Waals surface area contributed by atoms with E-state index in [-0.39, 0.29) is 11.3 Å². The first-order valence-electron chi connectivity index (χ1n) is 6.10. The van der Waals surface area contributed by atoms with Crippen molar-refractivity contribution in [3.05, 3.63) is 71.6 Å². The minimum absolute atomic E-state index is 0.155. The standard InChI is InChI=1S/C16H8ClF2N2/c17-11-6-4-10(5-7-11)12-8-20-9-21-16(12)15-13(18)2-1-3-14(15)19/h1-8H. The highest BCUT2D eigenvalue weighted by Crippen LogP contribution is 2.33. The average Bonchev–Trinajstić information content (AvgIpc) is 2.48. The van der Waals surface area contributed by atoms with Gasteiger partial charge in [0.15, 0.2) is 6.33 Å². The second-order valence-corrected chi connectivity index (χ2v) is 4.77. The Morgan fingerprint density at radius 1 is 0.952 bits per heavy atom. The maximum atomic E-state index is 14.0. The molecule has 0 aliphatic carbocycles. The van der Waals surface area contributed by atoms with E-state index < -0.39 is 11.6 Å². The third kappa shape index (κ3) is 2.62. The summed E-state index contributed by atoms with van der Waals surface area (Å²) in [6.07, 6.45) is 3.85. The Kier molecular flexibility index (Phi) is 3.62. The molecular formula is C16H8ClF2N2. The van der Waals surface area contributed by atoms with Gasteiger partial charge < -0.3 is 0 Å². The highest BCUT2D eigenvalue weighted by Gasteiger charge is 2.17. The molecule has 0 amide bonds. The lowest BCUT2D eigenvalue weighted by Crippen LogP contribution is -1.96. The normalized spacial score (nSPS) is 10.6. The summed E-state index contributed by atoms with van der Waals surface area (Å²) >= 11 is 5.85. The number of halogens is 3. The lowest BCUT2D eigenvalue weighted by molar-refractivity contribution is 0.588. The second-order valence-electron chi connectivity index (χ2n) is 4.34. The van der Waals surface area contributed by atoms with Crippen molar-refractivity contribution < 1.29 is 8.78 Å². The molecule has 2 nitrogen and oxygen atoms in total. The molecule has 0 aliphatic heterocycles. The molecule has 1 aromatic heterocycles. The maximum Gasteiger partial charge on any atom is 0.198 e. The third-order valence-electron chi connectivity index (χ3n) is 3.02. The fourth-order valence-corrected chi connectivity index (χ4v) is 2.17. The molecule has 3 aromatic rings. The number of rotatable bonds is 2. The van der Waals surface area contributed by atoms with E-state index >= 15 is 0 Å². The van der Waals surface area contributed by atoms with Gasteiger partial charge >= 0.3 is 0 Å². The number of hydrogen-bond acceptors (Lipinski definition) is 2. The van der Waals surface area contributed by atoms with Crippen LogP contribution in [0.3, 0.4) is 0 Å². The largest absolute Gasteiger partial charge is 0.233 e. The Bertz CT molecular complexity index is 768. The molecule has 103 valence electrons. The molecule has 0 fully saturated rings. The Balaban J connectivity index is 2.23. The Morgan fingerprint density at radius 2 is 1.62 bits per heavy atom. The van der Waals surface area contributed by atoms with E-state index in [1.807, 2.05) is 0 Å². The lowest BCUT2D eigenvalue weighted by Gasteiger charge is -2.09. The number of aromatic nitrogens is 2. The van der Waals surface area contributed by atoms with Crippen molar-refractivity contribution in [1.82, 2.24) is 9.97 Å². The van der Waals surface area contributed by atoms with E-state index in [0.29, 0.717) is 16.1 Å². The van der Waals surface area contributed by atoms with Gasteiger partial charge in [-0.3, -0.25) is 0 Å². The smallest absolute Gasteiger partial charge is 0.198 e. The molecule has 0 saturated carbocycles. The van der Waals surface area contributed by atoms with Crippen LogP contribution in [0, 0.1) is 18.0 Å². The van der Waals surface area contributed by atoms with E-state index in [4.69, 9.17) is 11.6 Å². The van der Waals surface area contributed by atoms with Crippen molar-refractivity contribution in [3.63, 3.8) is 0 Å². The monoisotopic (exact) mass is 301 g/mol. The van der Waals surface area contributed by atoms with Crippen molar-refractivity contribution in [2.45, 2.75) is 0 Å². The van der Waals surface area contributed by atoms with Crippen molar-refractivity contribution >= 4 is 11.6 Å². The summed E-state index contributed by atoms with van der Waals surface area (Å²) in [6, 6.07) is 10.5. The van der Waals surface area contributed by atoms with Crippen LogP contribution in [0.1, 0.15) is 0 Å². The first-order valence-corrected chi connectivity index (χ1v) is 6.48. The molecule has 0 unspecified atom stereocenters. The van der Waals surface area contributed by atoms with Gasteiger partial charge in [-0.2, -0.15) is 0 Å². The summed E-state index contributed by atoms with van der Waals surface area (Å²) in [5.74, 6) is -1.37. The van der Waals surface area contributed by atoms with Gasteiger partial charge in [-0.15, -0.1) is 0 Å². The molecule has 3 rings (SSSR count). The predicted molar refractivity (Wildman–Crippen MR) is 76.7 cm³/mol. The molecule has 1 heterocycles. The number of benzene rings is 2. The fraction of sp³-hybridized carbons (Fsp3) is 0. The van der Waals surface area contributed by atoms with Crippen LogP contribution in [0.15, 0.2) is 48.7 Å². The Hall–Kier alpha value is -2.33. The minimum Gasteiger partial charge on any atom is -0.233 e. The molecule has 0 saturated heterocycles. The van der Waals surface area contributed by atoms with E-state index in [1.165, 1.54) is 24.4 Å². The molecule has 0 aliphatic rings. The van der Waals surface area contributed by atoms with Crippen LogP contribution < -0.4 is 0 Å². The molecule has 0 spiro atoms. The molecule has 0 atom stereocenters. The van der Waals surface area contributed by atoms with E-state index in [0.717, 1.165) is 0 Å². The zero-order valence-electron chi connectivity index (χ0n) is 10.6. The first kappa shape index (κ1) is 13.6. The van der Waals surface area contributed by atoms with Gasteiger partial charge in [0, 0.05) is 16.8 Å². The van der Waals surface area contributed by atoms with Crippen molar-refractivity contribution in [1.29, 1.82) is 0 Å². The van der Waals surface area contributed by atoms with E-state index in [9.17, 15) is 8.78 Å². The summed E-state index contributed by atoms with van der Waals surface area (Å²) < 4.78 is 27.9.